The molecular formula is C14H24N4O. The maximum atomic E-state index is 5.81. The van der Waals surface area contributed by atoms with Gasteiger partial charge in [0.1, 0.15) is 5.82 Å². The third-order valence-corrected chi connectivity index (χ3v) is 3.25. The second-order valence-electron chi connectivity index (χ2n) is 4.95. The first kappa shape index (κ1) is 14.1. The van der Waals surface area contributed by atoms with Crippen LogP contribution in [-0.4, -0.2) is 35.8 Å². The molecule has 106 valence electrons. The number of aromatic nitrogens is 2. The molecule has 1 aliphatic rings. The molecule has 1 aliphatic carbocycles. The maximum Gasteiger partial charge on any atom is 0.224 e. The number of nitrogens with one attached hydrogen (secondary N) is 2. The highest BCUT2D eigenvalue weighted by molar-refractivity contribution is 5.41. The summed E-state index contributed by atoms with van der Waals surface area (Å²) in [7, 11) is 0. The van der Waals surface area contributed by atoms with Crippen molar-refractivity contribution in [3.63, 3.8) is 0 Å². The standard InChI is InChI=1S/C14H24N4O/c1-3-15-14-17-11(2)10-13(18-14)16-8-9-19-12-6-4-5-7-12/h10,12H,3-9H2,1-2H3,(H2,15,16,17,18). The summed E-state index contributed by atoms with van der Waals surface area (Å²) in [6.45, 7) is 6.37. The number of nitrogens with zero attached hydrogens (tertiary/aromatic N) is 2. The first-order chi connectivity index (χ1) is 9.28. The number of hydrogen-bond donors (Lipinski definition) is 2. The zero-order chi connectivity index (χ0) is 13.5. The van der Waals surface area contributed by atoms with E-state index in [1.165, 1.54) is 25.7 Å². The molecule has 1 heterocycles. The molecular weight excluding hydrogens is 240 g/mol. The predicted molar refractivity (Wildman–Crippen MR) is 77.6 cm³/mol. The van der Waals surface area contributed by atoms with Gasteiger partial charge >= 0.3 is 0 Å². The Balaban J connectivity index is 1.75. The maximum absolute atomic E-state index is 5.81. The van der Waals surface area contributed by atoms with Crippen LogP contribution in [0.5, 0.6) is 0 Å². The zero-order valence-electron chi connectivity index (χ0n) is 11.9. The largest absolute Gasteiger partial charge is 0.376 e. The molecule has 5 nitrogen and oxygen atoms in total. The Morgan fingerprint density at radius 3 is 2.79 bits per heavy atom. The fourth-order valence-corrected chi connectivity index (χ4v) is 2.36. The molecule has 1 aromatic heterocycles. The highest BCUT2D eigenvalue weighted by atomic mass is 16.5. The predicted octanol–water partition coefficient (Wildman–Crippen LogP) is 2.59. The fraction of sp³-hybridized carbons (Fsp3) is 0.714. The van der Waals surface area contributed by atoms with Crippen LogP contribution in [0.4, 0.5) is 11.8 Å². The van der Waals surface area contributed by atoms with Crippen LogP contribution in [0.25, 0.3) is 0 Å². The molecule has 0 radical (unpaired) electrons. The van der Waals surface area contributed by atoms with Gasteiger partial charge < -0.3 is 15.4 Å². The molecule has 0 spiro atoms. The molecule has 1 saturated carbocycles. The van der Waals surface area contributed by atoms with Gasteiger partial charge in [-0.2, -0.15) is 4.98 Å². The Kier molecular flexibility index (Phi) is 5.39. The number of hydrogen-bond acceptors (Lipinski definition) is 5. The van der Waals surface area contributed by atoms with Gasteiger partial charge in [-0.3, -0.25) is 0 Å². The van der Waals surface area contributed by atoms with Crippen molar-refractivity contribution in [2.24, 2.45) is 0 Å². The molecule has 0 atom stereocenters. The SMILES string of the molecule is CCNc1nc(C)cc(NCCOC2CCCC2)n1. The van der Waals surface area contributed by atoms with Crippen LogP contribution in [0.3, 0.4) is 0 Å². The third-order valence-electron chi connectivity index (χ3n) is 3.25. The number of rotatable bonds is 7. The van der Waals surface area contributed by atoms with E-state index >= 15 is 0 Å². The van der Waals surface area contributed by atoms with E-state index in [0.29, 0.717) is 12.1 Å². The first-order valence-electron chi connectivity index (χ1n) is 7.23. The quantitative estimate of drug-likeness (QED) is 0.741. The topological polar surface area (TPSA) is 59.1 Å². The summed E-state index contributed by atoms with van der Waals surface area (Å²) in [6, 6.07) is 1.95. The van der Waals surface area contributed by atoms with Crippen LogP contribution in [0.1, 0.15) is 38.3 Å². The molecule has 5 heteroatoms. The van der Waals surface area contributed by atoms with Gasteiger partial charge in [-0.05, 0) is 26.7 Å². The number of aryl methyl sites for hydroxylation is 1. The van der Waals surface area contributed by atoms with E-state index < -0.39 is 0 Å². The molecule has 0 bridgehead atoms. The summed E-state index contributed by atoms with van der Waals surface area (Å²) in [4.78, 5) is 8.73. The van der Waals surface area contributed by atoms with Gasteiger partial charge in [0.25, 0.3) is 0 Å². The molecule has 0 saturated heterocycles. The van der Waals surface area contributed by atoms with E-state index in [1.807, 2.05) is 19.9 Å². The van der Waals surface area contributed by atoms with E-state index in [9.17, 15) is 0 Å². The minimum absolute atomic E-state index is 0.478. The highest BCUT2D eigenvalue weighted by Crippen LogP contribution is 2.20. The van der Waals surface area contributed by atoms with Crippen molar-refractivity contribution in [1.82, 2.24) is 9.97 Å². The molecule has 0 aliphatic heterocycles. The number of ether oxygens (including phenoxy) is 1. The molecule has 2 N–H and O–H groups in total. The van der Waals surface area contributed by atoms with Crippen LogP contribution in [0, 0.1) is 6.92 Å². The normalized spacial score (nSPS) is 15.7. The van der Waals surface area contributed by atoms with Crippen molar-refractivity contribution in [1.29, 1.82) is 0 Å². The van der Waals surface area contributed by atoms with Gasteiger partial charge in [0, 0.05) is 24.8 Å². The molecule has 2 rings (SSSR count). The second-order valence-corrected chi connectivity index (χ2v) is 4.95. The molecule has 19 heavy (non-hydrogen) atoms. The van der Waals surface area contributed by atoms with Crippen molar-refractivity contribution in [3.8, 4) is 0 Å². The van der Waals surface area contributed by atoms with Crippen molar-refractivity contribution in [2.45, 2.75) is 45.6 Å². The van der Waals surface area contributed by atoms with Gasteiger partial charge in [-0.1, -0.05) is 12.8 Å². The summed E-state index contributed by atoms with van der Waals surface area (Å²) in [5.41, 5.74) is 0.963. The zero-order valence-corrected chi connectivity index (χ0v) is 11.9. The lowest BCUT2D eigenvalue weighted by molar-refractivity contribution is 0.0658. The molecule has 1 fully saturated rings. The summed E-state index contributed by atoms with van der Waals surface area (Å²) >= 11 is 0. The second kappa shape index (κ2) is 7.28. The minimum Gasteiger partial charge on any atom is -0.376 e. The lowest BCUT2D eigenvalue weighted by Gasteiger charge is -2.12. The number of anilines is 2. The van der Waals surface area contributed by atoms with Crippen LogP contribution in [0.2, 0.25) is 0 Å². The van der Waals surface area contributed by atoms with E-state index in [0.717, 1.165) is 31.2 Å². The monoisotopic (exact) mass is 264 g/mol. The summed E-state index contributed by atoms with van der Waals surface area (Å²) < 4.78 is 5.81. The summed E-state index contributed by atoms with van der Waals surface area (Å²) in [5.74, 6) is 1.54. The fourth-order valence-electron chi connectivity index (χ4n) is 2.36. The van der Waals surface area contributed by atoms with Gasteiger partial charge in [0.05, 0.1) is 12.7 Å². The highest BCUT2D eigenvalue weighted by Gasteiger charge is 2.14. The minimum atomic E-state index is 0.478. The van der Waals surface area contributed by atoms with Crippen LogP contribution >= 0.6 is 0 Å². The van der Waals surface area contributed by atoms with Crippen molar-refractivity contribution < 1.29 is 4.74 Å². The van der Waals surface area contributed by atoms with Crippen molar-refractivity contribution in [2.75, 3.05) is 30.3 Å². The Labute approximate surface area is 115 Å². The van der Waals surface area contributed by atoms with Crippen molar-refractivity contribution in [3.05, 3.63) is 11.8 Å². The molecule has 0 aromatic carbocycles. The Morgan fingerprint density at radius 2 is 2.05 bits per heavy atom. The average molecular weight is 264 g/mol. The van der Waals surface area contributed by atoms with Gasteiger partial charge in [-0.15, -0.1) is 0 Å². The third kappa shape index (κ3) is 4.67. The molecule has 0 amide bonds. The lowest BCUT2D eigenvalue weighted by Crippen LogP contribution is -2.16. The van der Waals surface area contributed by atoms with Crippen molar-refractivity contribution >= 4 is 11.8 Å². The van der Waals surface area contributed by atoms with Crippen LogP contribution < -0.4 is 10.6 Å². The molecule has 0 unspecified atom stereocenters. The van der Waals surface area contributed by atoms with E-state index in [2.05, 4.69) is 20.6 Å². The van der Waals surface area contributed by atoms with Crippen LogP contribution in [-0.2, 0) is 4.74 Å². The van der Waals surface area contributed by atoms with Gasteiger partial charge in [-0.25, -0.2) is 4.98 Å². The van der Waals surface area contributed by atoms with Gasteiger partial charge in [0.2, 0.25) is 5.95 Å². The van der Waals surface area contributed by atoms with E-state index in [-0.39, 0.29) is 0 Å². The Morgan fingerprint density at radius 1 is 1.26 bits per heavy atom. The summed E-state index contributed by atoms with van der Waals surface area (Å²) in [6.07, 6.45) is 5.55. The van der Waals surface area contributed by atoms with E-state index in [1.54, 1.807) is 0 Å². The average Bonchev–Trinajstić information content (AvgIpc) is 2.87. The lowest BCUT2D eigenvalue weighted by atomic mass is 10.3. The van der Waals surface area contributed by atoms with Crippen LogP contribution in [0.15, 0.2) is 6.07 Å². The Bertz CT molecular complexity index is 391. The van der Waals surface area contributed by atoms with Gasteiger partial charge in [0.15, 0.2) is 0 Å². The van der Waals surface area contributed by atoms with E-state index in [4.69, 9.17) is 4.74 Å². The smallest absolute Gasteiger partial charge is 0.224 e. The first-order valence-corrected chi connectivity index (χ1v) is 7.23. The summed E-state index contributed by atoms with van der Waals surface area (Å²) in [5, 5.41) is 6.42. The molecule has 1 aromatic rings. The Hall–Kier alpha value is -1.36.